The second kappa shape index (κ2) is 10.9. The zero-order chi connectivity index (χ0) is 27.4. The zero-order valence-electron chi connectivity index (χ0n) is 20.5. The van der Waals surface area contributed by atoms with E-state index in [1.165, 1.54) is 36.4 Å². The first-order valence-corrected chi connectivity index (χ1v) is 11.7. The maximum Gasteiger partial charge on any atom is 0.363 e. The van der Waals surface area contributed by atoms with Crippen LogP contribution in [0.2, 0.25) is 0 Å². The molecule has 0 fully saturated rings. The topological polar surface area (TPSA) is 136 Å². The molecule has 0 radical (unpaired) electrons. The summed E-state index contributed by atoms with van der Waals surface area (Å²) in [6.07, 6.45) is 4.10. The summed E-state index contributed by atoms with van der Waals surface area (Å²) in [5.41, 5.74) is 1.58. The van der Waals surface area contributed by atoms with Crippen LogP contribution in [0.15, 0.2) is 77.4 Å². The molecule has 0 aliphatic carbocycles. The number of carbonyl (C=O) groups is 2. The number of benzene rings is 3. The highest BCUT2D eigenvalue weighted by molar-refractivity contribution is 6.13. The molecule has 2 aliphatic heterocycles. The first-order chi connectivity index (χ1) is 18.9. The summed E-state index contributed by atoms with van der Waals surface area (Å²) >= 11 is 0. The molecular formula is C28H20N2O9. The first-order valence-electron chi connectivity index (χ1n) is 11.7. The third-order valence-corrected chi connectivity index (χ3v) is 5.51. The normalized spacial score (nSPS) is 14.8. The largest absolute Gasteiger partial charge is 0.490 e. The van der Waals surface area contributed by atoms with E-state index >= 15 is 0 Å². The number of fused-ring (bicyclic) bond motifs is 1. The van der Waals surface area contributed by atoms with Crippen LogP contribution < -0.4 is 18.9 Å². The maximum atomic E-state index is 12.5. The summed E-state index contributed by atoms with van der Waals surface area (Å²) in [4.78, 5) is 39.6. The van der Waals surface area contributed by atoms with Crippen LogP contribution in [-0.2, 0) is 14.3 Å². The van der Waals surface area contributed by atoms with E-state index in [9.17, 15) is 19.7 Å². The Morgan fingerprint density at radius 1 is 1.05 bits per heavy atom. The van der Waals surface area contributed by atoms with Gasteiger partial charge >= 0.3 is 11.9 Å². The molecule has 0 saturated carbocycles. The Kier molecular flexibility index (Phi) is 7.04. The number of nitro benzene ring substituents is 1. The lowest BCUT2D eigenvalue weighted by Gasteiger charge is -2.10. The summed E-state index contributed by atoms with van der Waals surface area (Å²) in [5, 5.41) is 10.9. The third-order valence-electron chi connectivity index (χ3n) is 5.51. The fourth-order valence-electron chi connectivity index (χ4n) is 3.74. The molecule has 5 rings (SSSR count). The highest BCUT2D eigenvalue weighted by Gasteiger charge is 2.26. The van der Waals surface area contributed by atoms with Crippen molar-refractivity contribution in [3.05, 3.63) is 99.2 Å². The Morgan fingerprint density at radius 3 is 2.72 bits per heavy atom. The van der Waals surface area contributed by atoms with Crippen molar-refractivity contribution in [1.29, 1.82) is 0 Å². The molecule has 3 aromatic rings. The standard InChI is InChI=1S/C28H20N2O9/c1-2-35-24-14-18(6-9-23(24)38-26(31)11-7-17-4-3-5-20(12-17)30(33)34)13-21-28(32)39-27(29-21)19-8-10-22-25(15-19)37-16-36-22/h3-15H,2,16H2,1H3/b11-7+,21-13+. The van der Waals surface area contributed by atoms with Gasteiger partial charge in [-0.3, -0.25) is 10.1 Å². The highest BCUT2D eigenvalue weighted by atomic mass is 16.7. The van der Waals surface area contributed by atoms with E-state index in [1.807, 2.05) is 0 Å². The summed E-state index contributed by atoms with van der Waals surface area (Å²) in [6, 6.07) is 15.7. The molecule has 11 nitrogen and oxygen atoms in total. The van der Waals surface area contributed by atoms with Crippen LogP contribution in [0, 0.1) is 10.1 Å². The molecule has 0 N–H and O–H groups in total. The van der Waals surface area contributed by atoms with E-state index in [0.717, 1.165) is 6.08 Å². The van der Waals surface area contributed by atoms with Crippen LogP contribution in [-0.4, -0.2) is 36.2 Å². The Hall–Kier alpha value is -5.45. The van der Waals surface area contributed by atoms with Gasteiger partial charge in [0.1, 0.15) is 0 Å². The summed E-state index contributed by atoms with van der Waals surface area (Å²) in [7, 11) is 0. The van der Waals surface area contributed by atoms with Crippen LogP contribution in [0.1, 0.15) is 23.6 Å². The lowest BCUT2D eigenvalue weighted by Crippen LogP contribution is -2.06. The monoisotopic (exact) mass is 528 g/mol. The number of nitro groups is 1. The van der Waals surface area contributed by atoms with Gasteiger partial charge in [-0.25, -0.2) is 14.6 Å². The van der Waals surface area contributed by atoms with Crippen molar-refractivity contribution in [1.82, 2.24) is 0 Å². The van der Waals surface area contributed by atoms with Gasteiger partial charge in [0.15, 0.2) is 28.7 Å². The third kappa shape index (κ3) is 5.77. The predicted molar refractivity (Wildman–Crippen MR) is 139 cm³/mol. The van der Waals surface area contributed by atoms with Crippen LogP contribution in [0.25, 0.3) is 12.2 Å². The van der Waals surface area contributed by atoms with Crippen LogP contribution in [0.5, 0.6) is 23.0 Å². The van der Waals surface area contributed by atoms with Crippen LogP contribution in [0.4, 0.5) is 5.69 Å². The van der Waals surface area contributed by atoms with E-state index < -0.39 is 16.9 Å². The van der Waals surface area contributed by atoms with Gasteiger partial charge < -0.3 is 23.7 Å². The molecule has 0 unspecified atom stereocenters. The average Bonchev–Trinajstić information content (AvgIpc) is 3.55. The number of esters is 2. The van der Waals surface area contributed by atoms with Gasteiger partial charge in [-0.1, -0.05) is 18.2 Å². The average molecular weight is 528 g/mol. The molecule has 2 aliphatic rings. The molecule has 0 aromatic heterocycles. The Labute approximate surface area is 221 Å². The molecule has 0 spiro atoms. The minimum atomic E-state index is -0.703. The number of rotatable bonds is 8. The lowest BCUT2D eigenvalue weighted by molar-refractivity contribution is -0.384. The molecule has 0 amide bonds. The Balaban J connectivity index is 1.33. The van der Waals surface area contributed by atoms with Gasteiger partial charge in [0.05, 0.1) is 11.5 Å². The van der Waals surface area contributed by atoms with Gasteiger partial charge in [0.2, 0.25) is 12.7 Å². The molecule has 196 valence electrons. The van der Waals surface area contributed by atoms with Crippen molar-refractivity contribution in [3.63, 3.8) is 0 Å². The molecule has 2 heterocycles. The number of cyclic esters (lactones) is 1. The van der Waals surface area contributed by atoms with Gasteiger partial charge in [0, 0.05) is 23.8 Å². The van der Waals surface area contributed by atoms with E-state index in [0.29, 0.717) is 34.8 Å². The van der Waals surface area contributed by atoms with Crippen molar-refractivity contribution >= 4 is 35.7 Å². The molecule has 3 aromatic carbocycles. The van der Waals surface area contributed by atoms with Crippen molar-refractivity contribution < 1.29 is 38.2 Å². The smallest absolute Gasteiger partial charge is 0.363 e. The van der Waals surface area contributed by atoms with E-state index in [2.05, 4.69) is 4.99 Å². The number of carbonyl (C=O) groups excluding carboxylic acids is 2. The van der Waals surface area contributed by atoms with Gasteiger partial charge in [-0.15, -0.1) is 0 Å². The van der Waals surface area contributed by atoms with E-state index in [1.54, 1.807) is 43.3 Å². The van der Waals surface area contributed by atoms with Crippen LogP contribution in [0.3, 0.4) is 0 Å². The Morgan fingerprint density at radius 2 is 1.90 bits per heavy atom. The van der Waals surface area contributed by atoms with Crippen LogP contribution >= 0.6 is 0 Å². The second-order valence-corrected chi connectivity index (χ2v) is 8.15. The molecule has 0 saturated heterocycles. The molecule has 0 atom stereocenters. The van der Waals surface area contributed by atoms with Crippen molar-refractivity contribution in [2.45, 2.75) is 6.92 Å². The number of hydrogen-bond acceptors (Lipinski definition) is 10. The number of hydrogen-bond donors (Lipinski definition) is 0. The summed E-state index contributed by atoms with van der Waals surface area (Å²) in [6.45, 7) is 2.19. The zero-order valence-corrected chi connectivity index (χ0v) is 20.5. The van der Waals surface area contributed by atoms with Crippen molar-refractivity contribution in [2.75, 3.05) is 13.4 Å². The quantitative estimate of drug-likeness (QED) is 0.134. The molecule has 39 heavy (non-hydrogen) atoms. The van der Waals surface area contributed by atoms with Gasteiger partial charge in [-0.05, 0) is 60.5 Å². The number of nitrogens with zero attached hydrogens (tertiary/aromatic N) is 2. The predicted octanol–water partition coefficient (Wildman–Crippen LogP) is 4.69. The minimum absolute atomic E-state index is 0.0785. The summed E-state index contributed by atoms with van der Waals surface area (Å²) in [5.74, 6) is 0.379. The van der Waals surface area contributed by atoms with Gasteiger partial charge in [0.25, 0.3) is 5.69 Å². The molecule has 0 bridgehead atoms. The van der Waals surface area contributed by atoms with E-state index in [4.69, 9.17) is 23.7 Å². The fraction of sp³-hybridized carbons (Fsp3) is 0.107. The molecular weight excluding hydrogens is 508 g/mol. The number of aliphatic imine (C=N–C) groups is 1. The highest BCUT2D eigenvalue weighted by Crippen LogP contribution is 2.34. The van der Waals surface area contributed by atoms with Crippen molar-refractivity contribution in [3.8, 4) is 23.0 Å². The molecule has 11 heteroatoms. The van der Waals surface area contributed by atoms with E-state index in [-0.39, 0.29) is 35.6 Å². The maximum absolute atomic E-state index is 12.5. The Bertz CT molecular complexity index is 1570. The lowest BCUT2D eigenvalue weighted by atomic mass is 10.1. The minimum Gasteiger partial charge on any atom is -0.490 e. The first kappa shape index (κ1) is 25.2. The number of non-ortho nitro benzene ring substituents is 1. The number of ether oxygens (including phenoxy) is 5. The summed E-state index contributed by atoms with van der Waals surface area (Å²) < 4.78 is 27.0. The van der Waals surface area contributed by atoms with Gasteiger partial charge in [-0.2, -0.15) is 0 Å². The van der Waals surface area contributed by atoms with Crippen molar-refractivity contribution in [2.24, 2.45) is 4.99 Å². The second-order valence-electron chi connectivity index (χ2n) is 8.15. The fourth-order valence-corrected chi connectivity index (χ4v) is 3.74. The SMILES string of the molecule is CCOc1cc(/C=C2/N=C(c3ccc4c(c3)OCO4)OC2=O)ccc1OC(=O)/C=C/c1cccc([N+](=O)[O-])c1.